The average molecular weight is 402 g/mol. The molecule has 0 bridgehead atoms. The number of hydrogen-bond acceptors (Lipinski definition) is 6. The number of carbonyl (C=O) groups is 1. The number of ketones is 1. The Morgan fingerprint density at radius 1 is 1.10 bits per heavy atom. The van der Waals surface area contributed by atoms with Crippen LogP contribution < -0.4 is 14.4 Å². The van der Waals surface area contributed by atoms with Crippen LogP contribution in [0.15, 0.2) is 65.0 Å². The van der Waals surface area contributed by atoms with Crippen LogP contribution in [0.2, 0.25) is 0 Å². The fourth-order valence-corrected chi connectivity index (χ4v) is 3.75. The summed E-state index contributed by atoms with van der Waals surface area (Å²) in [5.74, 6) is 2.45. The van der Waals surface area contributed by atoms with Gasteiger partial charge in [0.25, 0.3) is 0 Å². The highest BCUT2D eigenvalue weighted by atomic mass is 16.5. The van der Waals surface area contributed by atoms with E-state index in [4.69, 9.17) is 13.9 Å². The molecule has 0 unspecified atom stereocenters. The number of hydrogen-bond donors (Lipinski definition) is 0. The Labute approximate surface area is 174 Å². The van der Waals surface area contributed by atoms with Gasteiger partial charge in [0.05, 0.1) is 23.9 Å². The summed E-state index contributed by atoms with van der Waals surface area (Å²) in [6.45, 7) is 1.71. The molecular weight excluding hydrogens is 380 g/mol. The molecule has 0 radical (unpaired) electrons. The second-order valence-corrected chi connectivity index (χ2v) is 7.68. The Kier molecular flexibility index (Phi) is 4.56. The molecule has 2 aliphatic rings. The maximum absolute atomic E-state index is 12.9. The van der Waals surface area contributed by atoms with Crippen LogP contribution in [-0.2, 0) is 13.1 Å². The lowest BCUT2D eigenvalue weighted by Gasteiger charge is -2.29. The maximum atomic E-state index is 12.9. The first-order valence-electron chi connectivity index (χ1n) is 9.83. The van der Waals surface area contributed by atoms with Gasteiger partial charge in [-0.15, -0.1) is 0 Å². The molecule has 2 aromatic carbocycles. The van der Waals surface area contributed by atoms with Crippen molar-refractivity contribution in [3.63, 3.8) is 0 Å². The number of furan rings is 1. The van der Waals surface area contributed by atoms with Crippen molar-refractivity contribution in [2.45, 2.75) is 13.1 Å². The first-order valence-corrected chi connectivity index (χ1v) is 9.83. The lowest BCUT2D eigenvalue weighted by Crippen LogP contribution is -2.31. The number of allylic oxidation sites excluding steroid dienone is 1. The molecule has 6 nitrogen and oxygen atoms in total. The summed E-state index contributed by atoms with van der Waals surface area (Å²) in [6.07, 6.45) is 3.45. The Balaban J connectivity index is 1.41. The summed E-state index contributed by atoms with van der Waals surface area (Å²) >= 11 is 0. The Hall–Kier alpha value is -3.51. The Bertz CT molecular complexity index is 1110. The van der Waals surface area contributed by atoms with Crippen molar-refractivity contribution in [1.82, 2.24) is 4.90 Å². The third-order valence-corrected chi connectivity index (χ3v) is 5.35. The molecule has 3 aromatic rings. The number of ether oxygens (including phenoxy) is 2. The number of fused-ring (bicyclic) bond motifs is 3. The molecule has 30 heavy (non-hydrogen) atoms. The third kappa shape index (κ3) is 3.35. The lowest BCUT2D eigenvalue weighted by molar-refractivity contribution is 0.0810. The van der Waals surface area contributed by atoms with Gasteiger partial charge in [-0.1, -0.05) is 12.1 Å². The molecule has 0 fully saturated rings. The predicted molar refractivity (Wildman–Crippen MR) is 114 cm³/mol. The zero-order valence-corrected chi connectivity index (χ0v) is 16.9. The summed E-state index contributed by atoms with van der Waals surface area (Å²) in [6, 6.07) is 15.4. The summed E-state index contributed by atoms with van der Waals surface area (Å²) in [5, 5.41) is 0. The molecule has 6 heteroatoms. The molecule has 0 aliphatic carbocycles. The SMILES string of the molecule is CN(C)c1ccc(/C=C2\Oc3c(ccc4c3CN(Cc3ccco3)CO4)C2=O)cc1. The fourth-order valence-electron chi connectivity index (χ4n) is 3.75. The molecule has 152 valence electrons. The van der Waals surface area contributed by atoms with Gasteiger partial charge in [-0.2, -0.15) is 0 Å². The van der Waals surface area contributed by atoms with Crippen molar-refractivity contribution >= 4 is 17.5 Å². The normalized spacial score (nSPS) is 16.7. The number of anilines is 1. The minimum atomic E-state index is -0.104. The van der Waals surface area contributed by atoms with Crippen LogP contribution in [0.1, 0.15) is 27.2 Å². The molecule has 2 aliphatic heterocycles. The highest BCUT2D eigenvalue weighted by molar-refractivity contribution is 6.15. The van der Waals surface area contributed by atoms with E-state index in [1.807, 2.05) is 61.5 Å². The quantitative estimate of drug-likeness (QED) is 0.606. The van der Waals surface area contributed by atoms with Gasteiger partial charge in [-0.05, 0) is 48.0 Å². The van der Waals surface area contributed by atoms with Gasteiger partial charge in [0.15, 0.2) is 5.76 Å². The summed E-state index contributed by atoms with van der Waals surface area (Å²) < 4.78 is 17.4. The number of benzene rings is 2. The standard InChI is InChI=1S/C24H22N2O4/c1-25(2)17-7-5-16(6-8-17)12-22-23(27)19-9-10-21-20(24(19)30-22)14-26(15-29-21)13-18-4-3-11-28-18/h3-12H,13-15H2,1-2H3/b22-12-. The monoisotopic (exact) mass is 402 g/mol. The van der Waals surface area contributed by atoms with Crippen molar-refractivity contribution < 1.29 is 18.7 Å². The van der Waals surface area contributed by atoms with Crippen LogP contribution in [0, 0.1) is 0 Å². The molecule has 0 amide bonds. The number of nitrogens with zero attached hydrogens (tertiary/aromatic N) is 2. The fraction of sp³-hybridized carbons (Fsp3) is 0.208. The van der Waals surface area contributed by atoms with E-state index in [1.54, 1.807) is 18.4 Å². The van der Waals surface area contributed by atoms with Crippen LogP contribution in [0.5, 0.6) is 11.5 Å². The number of rotatable bonds is 4. The topological polar surface area (TPSA) is 55.1 Å². The van der Waals surface area contributed by atoms with E-state index < -0.39 is 0 Å². The smallest absolute Gasteiger partial charge is 0.231 e. The van der Waals surface area contributed by atoms with Gasteiger partial charge in [0, 0.05) is 26.3 Å². The van der Waals surface area contributed by atoms with Crippen molar-refractivity contribution in [2.75, 3.05) is 25.7 Å². The summed E-state index contributed by atoms with van der Waals surface area (Å²) in [7, 11) is 3.99. The molecule has 5 rings (SSSR count). The molecule has 0 saturated heterocycles. The summed E-state index contributed by atoms with van der Waals surface area (Å²) in [4.78, 5) is 17.1. The van der Waals surface area contributed by atoms with Gasteiger partial charge in [-0.25, -0.2) is 0 Å². The molecule has 0 atom stereocenters. The molecule has 1 aromatic heterocycles. The second kappa shape index (κ2) is 7.39. The zero-order chi connectivity index (χ0) is 20.7. The van der Waals surface area contributed by atoms with Crippen molar-refractivity contribution in [3.8, 4) is 11.5 Å². The van der Waals surface area contributed by atoms with Gasteiger partial charge < -0.3 is 18.8 Å². The van der Waals surface area contributed by atoms with Crippen LogP contribution in [0.3, 0.4) is 0 Å². The van der Waals surface area contributed by atoms with Gasteiger partial charge >= 0.3 is 0 Å². The minimum absolute atomic E-state index is 0.104. The first kappa shape index (κ1) is 18.5. The van der Waals surface area contributed by atoms with Gasteiger partial charge in [0.1, 0.15) is 24.0 Å². The van der Waals surface area contributed by atoms with E-state index in [1.165, 1.54) is 0 Å². The minimum Gasteiger partial charge on any atom is -0.478 e. The number of Topliss-reactive ketones (excluding diaryl/α,β-unsaturated/α-hetero) is 1. The van der Waals surface area contributed by atoms with Gasteiger partial charge in [-0.3, -0.25) is 9.69 Å². The molecule has 0 saturated carbocycles. The number of carbonyl (C=O) groups excluding carboxylic acids is 1. The lowest BCUT2D eigenvalue weighted by atomic mass is 10.0. The molecule has 0 N–H and O–H groups in total. The molecule has 3 heterocycles. The maximum Gasteiger partial charge on any atom is 0.231 e. The highest BCUT2D eigenvalue weighted by Gasteiger charge is 2.33. The zero-order valence-electron chi connectivity index (χ0n) is 16.9. The van der Waals surface area contributed by atoms with E-state index in [-0.39, 0.29) is 5.78 Å². The van der Waals surface area contributed by atoms with Crippen molar-refractivity contribution in [3.05, 3.63) is 83.0 Å². The second-order valence-electron chi connectivity index (χ2n) is 7.68. The van der Waals surface area contributed by atoms with Crippen molar-refractivity contribution in [2.24, 2.45) is 0 Å². The molecule has 0 spiro atoms. The van der Waals surface area contributed by atoms with Crippen LogP contribution in [-0.4, -0.2) is 31.5 Å². The predicted octanol–water partition coefficient (Wildman–Crippen LogP) is 4.31. The summed E-state index contributed by atoms with van der Waals surface area (Å²) in [5.41, 5.74) is 3.49. The largest absolute Gasteiger partial charge is 0.478 e. The van der Waals surface area contributed by atoms with E-state index >= 15 is 0 Å². The van der Waals surface area contributed by atoms with E-state index in [2.05, 4.69) is 4.90 Å². The van der Waals surface area contributed by atoms with E-state index in [0.29, 0.717) is 36.9 Å². The van der Waals surface area contributed by atoms with Crippen LogP contribution in [0.4, 0.5) is 5.69 Å². The van der Waals surface area contributed by atoms with Crippen LogP contribution in [0.25, 0.3) is 6.08 Å². The van der Waals surface area contributed by atoms with E-state index in [9.17, 15) is 4.79 Å². The van der Waals surface area contributed by atoms with Crippen LogP contribution >= 0.6 is 0 Å². The van der Waals surface area contributed by atoms with Crippen molar-refractivity contribution in [1.29, 1.82) is 0 Å². The van der Waals surface area contributed by atoms with Gasteiger partial charge in [0.2, 0.25) is 5.78 Å². The average Bonchev–Trinajstić information content (AvgIpc) is 3.37. The Morgan fingerprint density at radius 3 is 2.67 bits per heavy atom. The van der Waals surface area contributed by atoms with E-state index in [0.717, 1.165) is 28.3 Å². The third-order valence-electron chi connectivity index (χ3n) is 5.35. The Morgan fingerprint density at radius 2 is 1.93 bits per heavy atom. The molecular formula is C24H22N2O4. The highest BCUT2D eigenvalue weighted by Crippen LogP contribution is 2.42. The first-order chi connectivity index (χ1) is 14.6.